The Bertz CT molecular complexity index is 660. The second-order valence-electron chi connectivity index (χ2n) is 4.38. The van der Waals surface area contributed by atoms with E-state index in [4.69, 9.17) is 23.2 Å². The van der Waals surface area contributed by atoms with Gasteiger partial charge in [-0.2, -0.15) is 0 Å². The highest BCUT2D eigenvalue weighted by atomic mass is 35.5. The number of halogens is 2. The minimum Gasteiger partial charge on any atom is -0.258 e. The van der Waals surface area contributed by atoms with E-state index in [0.29, 0.717) is 10.0 Å². The van der Waals surface area contributed by atoms with Crippen molar-refractivity contribution in [3.63, 3.8) is 0 Å². The van der Waals surface area contributed by atoms with E-state index in [1.165, 1.54) is 36.4 Å². The van der Waals surface area contributed by atoms with Crippen molar-refractivity contribution in [1.29, 1.82) is 0 Å². The van der Waals surface area contributed by atoms with Crippen LogP contribution in [0.3, 0.4) is 0 Å². The molecule has 0 aliphatic rings. The summed E-state index contributed by atoms with van der Waals surface area (Å²) in [6.07, 6.45) is 0. The maximum Gasteiger partial charge on any atom is 0.269 e. The van der Waals surface area contributed by atoms with Gasteiger partial charge >= 0.3 is 0 Å². The summed E-state index contributed by atoms with van der Waals surface area (Å²) in [4.78, 5) is 19.6. The van der Waals surface area contributed by atoms with E-state index in [9.17, 15) is 20.2 Å². The van der Waals surface area contributed by atoms with Gasteiger partial charge in [-0.25, -0.2) is 0 Å². The lowest BCUT2D eigenvalue weighted by molar-refractivity contribution is -0.385. The maximum absolute atomic E-state index is 10.2. The number of nitrogens with zero attached hydrogens (tertiary/aromatic N) is 2. The van der Waals surface area contributed by atoms with E-state index >= 15 is 0 Å². The van der Waals surface area contributed by atoms with E-state index in [1.807, 2.05) is 0 Å². The van der Waals surface area contributed by atoms with Crippen molar-refractivity contribution in [2.45, 2.75) is 28.7 Å². The summed E-state index contributed by atoms with van der Waals surface area (Å²) in [6.45, 7) is 3.46. The molecule has 0 radical (unpaired) electrons. The predicted molar refractivity (Wildman–Crippen MR) is 99.1 cm³/mol. The Labute approximate surface area is 151 Å². The summed E-state index contributed by atoms with van der Waals surface area (Å²) in [6, 6.07) is 8.71. The molecular weight excluding hydrogens is 355 g/mol. The van der Waals surface area contributed by atoms with Gasteiger partial charge in [0.15, 0.2) is 0 Å². The van der Waals surface area contributed by atoms with Crippen molar-refractivity contribution in [2.75, 3.05) is 0 Å². The van der Waals surface area contributed by atoms with E-state index in [2.05, 4.69) is 0 Å². The lowest BCUT2D eigenvalue weighted by atomic mass is 10.2. The molecule has 0 aliphatic carbocycles. The lowest BCUT2D eigenvalue weighted by Gasteiger charge is -1.95. The molecule has 0 fully saturated rings. The minimum atomic E-state index is -0.441. The molecule has 0 bridgehead atoms. The fourth-order valence-electron chi connectivity index (χ4n) is 1.48. The normalized spacial score (nSPS) is 8.83. The summed E-state index contributed by atoms with van der Waals surface area (Å²) < 4.78 is 0. The minimum absolute atomic E-state index is 0. The summed E-state index contributed by atoms with van der Waals surface area (Å²) in [5.74, 6) is 0. The SMILES string of the molecule is C.C.Cc1cc([N+](=O)[O-])ccc1Cl.Cc1cc([N+](=O)[O-])ccc1Cl. The van der Waals surface area contributed by atoms with Crippen LogP contribution in [0, 0.1) is 34.1 Å². The number of non-ortho nitro benzene ring substituents is 2. The number of nitro benzene ring substituents is 2. The van der Waals surface area contributed by atoms with Crippen molar-refractivity contribution in [1.82, 2.24) is 0 Å². The van der Waals surface area contributed by atoms with E-state index in [-0.39, 0.29) is 26.2 Å². The Morgan fingerprint density at radius 3 is 1.25 bits per heavy atom. The third kappa shape index (κ3) is 6.93. The van der Waals surface area contributed by atoms with Crippen LogP contribution < -0.4 is 0 Å². The van der Waals surface area contributed by atoms with Gasteiger partial charge < -0.3 is 0 Å². The van der Waals surface area contributed by atoms with Crippen LogP contribution in [0.15, 0.2) is 36.4 Å². The lowest BCUT2D eigenvalue weighted by Crippen LogP contribution is -1.87. The highest BCUT2D eigenvalue weighted by molar-refractivity contribution is 6.31. The van der Waals surface area contributed by atoms with E-state index < -0.39 is 9.85 Å². The first kappa shape index (κ1) is 24.1. The van der Waals surface area contributed by atoms with Gasteiger partial charge in [0.05, 0.1) is 9.85 Å². The third-order valence-electron chi connectivity index (χ3n) is 2.70. The van der Waals surface area contributed by atoms with Gasteiger partial charge in [0.25, 0.3) is 11.4 Å². The van der Waals surface area contributed by atoms with Crippen molar-refractivity contribution < 1.29 is 9.85 Å². The molecule has 0 spiro atoms. The zero-order valence-electron chi connectivity index (χ0n) is 11.7. The first-order valence-corrected chi connectivity index (χ1v) is 6.79. The smallest absolute Gasteiger partial charge is 0.258 e. The molecule has 24 heavy (non-hydrogen) atoms. The molecule has 0 atom stereocenters. The van der Waals surface area contributed by atoms with Gasteiger partial charge in [-0.15, -0.1) is 0 Å². The van der Waals surface area contributed by atoms with Crippen LogP contribution in [0.1, 0.15) is 26.0 Å². The molecule has 0 N–H and O–H groups in total. The molecule has 0 heterocycles. The number of rotatable bonds is 2. The molecule has 0 saturated heterocycles. The van der Waals surface area contributed by atoms with Crippen LogP contribution in [0.4, 0.5) is 11.4 Å². The fourth-order valence-corrected chi connectivity index (χ4v) is 1.72. The molecule has 2 aromatic carbocycles. The number of aryl methyl sites for hydroxylation is 2. The van der Waals surface area contributed by atoms with Crippen LogP contribution in [0.25, 0.3) is 0 Å². The van der Waals surface area contributed by atoms with Gasteiger partial charge in [-0.05, 0) is 37.1 Å². The molecule has 2 rings (SSSR count). The Kier molecular flexibility index (Phi) is 10.6. The van der Waals surface area contributed by atoms with E-state index in [0.717, 1.165) is 11.1 Å². The second-order valence-corrected chi connectivity index (χ2v) is 5.20. The zero-order valence-corrected chi connectivity index (χ0v) is 13.3. The fraction of sp³-hybridized carbons (Fsp3) is 0.250. The molecule has 132 valence electrons. The second kappa shape index (κ2) is 10.6. The van der Waals surface area contributed by atoms with Crippen molar-refractivity contribution in [3.05, 3.63) is 77.8 Å². The van der Waals surface area contributed by atoms with Gasteiger partial charge in [0.1, 0.15) is 0 Å². The molecule has 0 saturated carbocycles. The quantitative estimate of drug-likeness (QED) is 0.450. The van der Waals surface area contributed by atoms with Crippen molar-refractivity contribution >= 4 is 34.6 Å². The first-order valence-electron chi connectivity index (χ1n) is 6.03. The first-order chi connectivity index (χ1) is 10.2. The third-order valence-corrected chi connectivity index (χ3v) is 3.55. The molecule has 2 aromatic rings. The average Bonchev–Trinajstić information content (AvgIpc) is 2.45. The predicted octanol–water partition coefficient (Wildman–Crippen LogP) is 6.39. The Hall–Kier alpha value is -2.18. The van der Waals surface area contributed by atoms with Crippen LogP contribution in [0.5, 0.6) is 0 Å². The van der Waals surface area contributed by atoms with Crippen molar-refractivity contribution in [2.24, 2.45) is 0 Å². The van der Waals surface area contributed by atoms with E-state index in [1.54, 1.807) is 13.8 Å². The highest BCUT2D eigenvalue weighted by Crippen LogP contribution is 2.21. The number of nitro groups is 2. The standard InChI is InChI=1S/2C7H6ClNO2.2CH4/c2*1-5-4-6(9(10)11)2-3-7(5)8;;/h2*2-4H,1H3;2*1H4. The molecule has 0 unspecified atom stereocenters. The zero-order chi connectivity index (χ0) is 16.9. The topological polar surface area (TPSA) is 86.3 Å². The molecule has 0 aliphatic heterocycles. The summed E-state index contributed by atoms with van der Waals surface area (Å²) in [5, 5.41) is 21.6. The molecule has 8 heteroatoms. The summed E-state index contributed by atoms with van der Waals surface area (Å²) in [5.41, 5.74) is 1.60. The number of hydrogen-bond donors (Lipinski definition) is 0. The van der Waals surface area contributed by atoms with Crippen LogP contribution in [-0.2, 0) is 0 Å². The number of benzene rings is 2. The van der Waals surface area contributed by atoms with Crippen molar-refractivity contribution in [3.8, 4) is 0 Å². The van der Waals surface area contributed by atoms with Crippen LogP contribution in [-0.4, -0.2) is 9.85 Å². The monoisotopic (exact) mass is 374 g/mol. The summed E-state index contributed by atoms with van der Waals surface area (Å²) >= 11 is 11.3. The highest BCUT2D eigenvalue weighted by Gasteiger charge is 2.06. The van der Waals surface area contributed by atoms with Gasteiger partial charge in [0, 0.05) is 34.3 Å². The van der Waals surface area contributed by atoms with Gasteiger partial charge in [-0.1, -0.05) is 38.1 Å². The Balaban J connectivity index is 0. The number of hydrogen-bond acceptors (Lipinski definition) is 4. The maximum atomic E-state index is 10.2. The Morgan fingerprint density at radius 2 is 1.04 bits per heavy atom. The Morgan fingerprint density at radius 1 is 0.750 bits per heavy atom. The van der Waals surface area contributed by atoms with Gasteiger partial charge in [0.2, 0.25) is 0 Å². The molecule has 0 aromatic heterocycles. The summed E-state index contributed by atoms with van der Waals surface area (Å²) in [7, 11) is 0. The van der Waals surface area contributed by atoms with Crippen LogP contribution >= 0.6 is 23.2 Å². The largest absolute Gasteiger partial charge is 0.269 e. The molecule has 6 nitrogen and oxygen atoms in total. The average molecular weight is 375 g/mol. The molecular formula is C16H20Cl2N2O4. The van der Waals surface area contributed by atoms with Gasteiger partial charge in [-0.3, -0.25) is 20.2 Å². The molecule has 0 amide bonds. The van der Waals surface area contributed by atoms with Crippen LogP contribution in [0.2, 0.25) is 10.0 Å².